The van der Waals surface area contributed by atoms with E-state index < -0.39 is 12.2 Å². The molecule has 0 aromatic heterocycles. The zero-order chi connectivity index (χ0) is 20.8. The molecule has 10 heteroatoms. The Morgan fingerprint density at radius 2 is 1.32 bits per heavy atom. The topological polar surface area (TPSA) is 93.1 Å². The molecule has 0 heterocycles. The third kappa shape index (κ3) is 12.1. The molecule has 0 spiro atoms. The van der Waals surface area contributed by atoms with Crippen molar-refractivity contribution in [2.45, 2.75) is 12.2 Å². The van der Waals surface area contributed by atoms with Gasteiger partial charge in [0.05, 0.1) is 23.7 Å². The second kappa shape index (κ2) is 15.3. The summed E-state index contributed by atoms with van der Waals surface area (Å²) in [5.74, 6) is 2.47. The van der Waals surface area contributed by atoms with Gasteiger partial charge in [0.2, 0.25) is 0 Å². The van der Waals surface area contributed by atoms with Gasteiger partial charge in [-0.15, -0.1) is 0 Å². The second-order valence-electron chi connectivity index (χ2n) is 5.64. The van der Waals surface area contributed by atoms with Crippen molar-refractivity contribution in [2.75, 3.05) is 48.7 Å². The van der Waals surface area contributed by atoms with Crippen molar-refractivity contribution in [1.82, 2.24) is 0 Å². The molecule has 28 heavy (non-hydrogen) atoms. The van der Waals surface area contributed by atoms with Crippen molar-refractivity contribution in [2.24, 2.45) is 0 Å². The molecule has 0 aliphatic heterocycles. The molecule has 0 radical (unpaired) electrons. The molecule has 1 aromatic carbocycles. The number of thioether (sulfide) groups is 4. The molecule has 6 nitrogen and oxygen atoms in total. The first kappa shape index (κ1) is 25.5. The number of ether oxygens (including phenoxy) is 2. The molecule has 158 valence electrons. The number of hydrogen-bond acceptors (Lipinski definition) is 10. The van der Waals surface area contributed by atoms with Crippen molar-refractivity contribution < 1.29 is 29.3 Å². The lowest BCUT2D eigenvalue weighted by Crippen LogP contribution is -2.22. The van der Waals surface area contributed by atoms with Gasteiger partial charge in [-0.25, -0.2) is 0 Å². The average Bonchev–Trinajstić information content (AvgIpc) is 2.68. The first-order valence-electron chi connectivity index (χ1n) is 8.45. The summed E-state index contributed by atoms with van der Waals surface area (Å²) in [7, 11) is 0. The predicted molar refractivity (Wildman–Crippen MR) is 121 cm³/mol. The summed E-state index contributed by atoms with van der Waals surface area (Å²) in [6.07, 6.45) is 2.21. The third-order valence-corrected chi connectivity index (χ3v) is 6.59. The van der Waals surface area contributed by atoms with Gasteiger partial charge in [0.1, 0.15) is 24.7 Å². The normalized spacial score (nSPS) is 13.0. The van der Waals surface area contributed by atoms with Gasteiger partial charge in [0.15, 0.2) is 10.2 Å². The summed E-state index contributed by atoms with van der Waals surface area (Å²) >= 11 is 5.10. The van der Waals surface area contributed by atoms with Crippen molar-refractivity contribution >= 4 is 57.3 Å². The Bertz CT molecular complexity index is 554. The molecule has 2 unspecified atom stereocenters. The lowest BCUT2D eigenvalue weighted by Gasteiger charge is -2.14. The first-order chi connectivity index (χ1) is 13.4. The Hall–Kier alpha value is -0.520. The van der Waals surface area contributed by atoms with E-state index in [2.05, 4.69) is 0 Å². The summed E-state index contributed by atoms with van der Waals surface area (Å²) < 4.78 is 11.1. The molecule has 0 bridgehead atoms. The van der Waals surface area contributed by atoms with Crippen LogP contribution in [0.25, 0.3) is 0 Å². The Morgan fingerprint density at radius 3 is 1.71 bits per heavy atom. The minimum absolute atomic E-state index is 0.0359. The van der Waals surface area contributed by atoms with Gasteiger partial charge in [-0.1, -0.05) is 29.6 Å². The monoisotopic (exact) mass is 466 g/mol. The lowest BCUT2D eigenvalue weighted by molar-refractivity contribution is -0.109. The quantitative estimate of drug-likeness (QED) is 0.426. The molecule has 2 atom stereocenters. The van der Waals surface area contributed by atoms with Gasteiger partial charge < -0.3 is 19.7 Å². The van der Waals surface area contributed by atoms with Crippen LogP contribution < -0.4 is 9.47 Å². The van der Waals surface area contributed by atoms with Gasteiger partial charge in [-0.3, -0.25) is 9.59 Å². The van der Waals surface area contributed by atoms with Crippen molar-refractivity contribution in [3.63, 3.8) is 0 Å². The van der Waals surface area contributed by atoms with Gasteiger partial charge >= 0.3 is 0 Å². The van der Waals surface area contributed by atoms with Gasteiger partial charge in [-0.2, -0.15) is 23.5 Å². The van der Waals surface area contributed by atoms with Crippen molar-refractivity contribution in [3.8, 4) is 11.5 Å². The smallest absolute Gasteiger partial charge is 0.198 e. The fourth-order valence-electron chi connectivity index (χ4n) is 1.83. The number of carbonyl (C=O) groups is 2. The lowest BCUT2D eigenvalue weighted by atomic mass is 10.3. The summed E-state index contributed by atoms with van der Waals surface area (Å²) in [4.78, 5) is 22.9. The number of benzene rings is 1. The number of aliphatic hydroxyl groups is 2. The summed E-state index contributed by atoms with van der Waals surface area (Å²) in [5, 5.41) is 19.9. The van der Waals surface area contributed by atoms with E-state index in [0.29, 0.717) is 23.0 Å². The zero-order valence-corrected chi connectivity index (χ0v) is 19.1. The Balaban J connectivity index is 2.33. The molecule has 0 aliphatic carbocycles. The van der Waals surface area contributed by atoms with Gasteiger partial charge in [-0.05, 0) is 24.6 Å². The highest BCUT2D eigenvalue weighted by atomic mass is 32.2. The predicted octanol–water partition coefficient (Wildman–Crippen LogP) is 2.41. The van der Waals surface area contributed by atoms with Crippen molar-refractivity contribution in [3.05, 3.63) is 24.3 Å². The van der Waals surface area contributed by atoms with E-state index in [4.69, 9.17) is 9.47 Å². The molecule has 0 fully saturated rings. The van der Waals surface area contributed by atoms with Crippen LogP contribution in [0.2, 0.25) is 0 Å². The van der Waals surface area contributed by atoms with E-state index in [0.717, 1.165) is 23.5 Å². The number of carbonyl (C=O) groups excluding carboxylic acids is 2. The van der Waals surface area contributed by atoms with Crippen LogP contribution in [-0.4, -0.2) is 81.4 Å². The number of rotatable bonds is 14. The largest absolute Gasteiger partial charge is 0.491 e. The molecule has 1 aromatic rings. The Labute approximate surface area is 182 Å². The van der Waals surface area contributed by atoms with Crippen LogP contribution in [0.4, 0.5) is 0 Å². The Kier molecular flexibility index (Phi) is 14.0. The number of hydrogen-bond donors (Lipinski definition) is 2. The second-order valence-corrected chi connectivity index (χ2v) is 9.52. The molecular formula is C18H26O6S4. The van der Waals surface area contributed by atoms with E-state index in [1.54, 1.807) is 24.3 Å². The summed E-state index contributed by atoms with van der Waals surface area (Å²) in [6.45, 7) is 0.139. The maximum atomic E-state index is 11.4. The van der Waals surface area contributed by atoms with Gasteiger partial charge in [0, 0.05) is 17.6 Å². The van der Waals surface area contributed by atoms with Crippen LogP contribution in [0.15, 0.2) is 24.3 Å². The maximum Gasteiger partial charge on any atom is 0.198 e. The molecule has 0 saturated heterocycles. The Morgan fingerprint density at radius 1 is 0.893 bits per heavy atom. The molecule has 0 amide bonds. The zero-order valence-electron chi connectivity index (χ0n) is 15.9. The minimum Gasteiger partial charge on any atom is -0.491 e. The standard InChI is InChI=1S/C18H26O6S4/c1-25-11-17(21)27-9-13(19)7-23-15-4-3-5-16(6-15)24-8-14(20)10-28-18(22)12-26-2/h3-6,13-14,19-20H,7-12H2,1-2H3. The molecule has 1 rings (SSSR count). The van der Waals surface area contributed by atoms with Crippen LogP contribution in [-0.2, 0) is 9.59 Å². The first-order valence-corrected chi connectivity index (χ1v) is 13.2. The molecule has 2 N–H and O–H groups in total. The highest BCUT2D eigenvalue weighted by molar-refractivity contribution is 8.16. The maximum absolute atomic E-state index is 11.4. The molecule has 0 saturated carbocycles. The van der Waals surface area contributed by atoms with E-state index >= 15 is 0 Å². The van der Waals surface area contributed by atoms with Crippen LogP contribution >= 0.6 is 47.0 Å². The third-order valence-electron chi connectivity index (χ3n) is 3.09. The molecule has 0 aliphatic rings. The average molecular weight is 467 g/mol. The van der Waals surface area contributed by atoms with Crippen molar-refractivity contribution in [1.29, 1.82) is 0 Å². The highest BCUT2D eigenvalue weighted by Gasteiger charge is 2.11. The van der Waals surface area contributed by atoms with E-state index in [-0.39, 0.29) is 35.0 Å². The van der Waals surface area contributed by atoms with Crippen LogP contribution in [0.5, 0.6) is 11.5 Å². The summed E-state index contributed by atoms with van der Waals surface area (Å²) in [5.41, 5.74) is 0. The van der Waals surface area contributed by atoms with Gasteiger partial charge in [0.25, 0.3) is 0 Å². The van der Waals surface area contributed by atoms with Crippen LogP contribution in [0, 0.1) is 0 Å². The number of aliphatic hydroxyl groups excluding tert-OH is 2. The van der Waals surface area contributed by atoms with Crippen LogP contribution in [0.1, 0.15) is 0 Å². The fourth-order valence-corrected chi connectivity index (χ4v) is 4.63. The summed E-state index contributed by atoms with van der Waals surface area (Å²) in [6, 6.07) is 6.88. The van der Waals surface area contributed by atoms with E-state index in [9.17, 15) is 19.8 Å². The van der Waals surface area contributed by atoms with Crippen LogP contribution in [0.3, 0.4) is 0 Å². The minimum atomic E-state index is -0.752. The van der Waals surface area contributed by atoms with E-state index in [1.807, 2.05) is 12.5 Å². The fraction of sp³-hybridized carbons (Fsp3) is 0.556. The molecular weight excluding hydrogens is 440 g/mol. The highest BCUT2D eigenvalue weighted by Crippen LogP contribution is 2.20. The van der Waals surface area contributed by atoms with E-state index in [1.165, 1.54) is 23.5 Å². The SMILES string of the molecule is CSCC(=O)SCC(O)COc1cccc(OCC(O)CSC(=O)CSC)c1.